The summed E-state index contributed by atoms with van der Waals surface area (Å²) in [4.78, 5) is 12.2. The summed E-state index contributed by atoms with van der Waals surface area (Å²) in [6, 6.07) is 17.5. The van der Waals surface area contributed by atoms with E-state index in [9.17, 15) is 4.79 Å². The molecule has 0 saturated heterocycles. The Labute approximate surface area is 171 Å². The highest BCUT2D eigenvalue weighted by Crippen LogP contribution is 2.26. The molecule has 0 aliphatic rings. The molecule has 5 nitrogen and oxygen atoms in total. The van der Waals surface area contributed by atoms with E-state index in [0.29, 0.717) is 17.3 Å². The molecule has 0 spiro atoms. The van der Waals surface area contributed by atoms with E-state index in [-0.39, 0.29) is 11.9 Å². The van der Waals surface area contributed by atoms with Gasteiger partial charge >= 0.3 is 0 Å². The van der Waals surface area contributed by atoms with E-state index in [0.717, 1.165) is 15.0 Å². The molecule has 1 aromatic heterocycles. The van der Waals surface area contributed by atoms with Crippen molar-refractivity contribution in [1.29, 1.82) is 0 Å². The lowest BCUT2D eigenvalue weighted by molar-refractivity contribution is -0.119. The van der Waals surface area contributed by atoms with Gasteiger partial charge in [-0.2, -0.15) is 0 Å². The summed E-state index contributed by atoms with van der Waals surface area (Å²) in [5.41, 5.74) is 2.19. The minimum absolute atomic E-state index is 0.0450. The number of halogens is 1. The monoisotopic (exact) mass is 418 g/mol. The number of benzene rings is 2. The van der Waals surface area contributed by atoms with Crippen molar-refractivity contribution < 1.29 is 4.79 Å². The number of nitrogens with one attached hydrogen (secondary N) is 2. The Morgan fingerprint density at radius 2 is 1.89 bits per heavy atom. The molecule has 0 aliphatic heterocycles. The van der Waals surface area contributed by atoms with E-state index in [2.05, 4.69) is 33.0 Å². The average Bonchev–Trinajstić information content (AvgIpc) is 3.14. The zero-order valence-electron chi connectivity index (χ0n) is 14.7. The van der Waals surface area contributed by atoms with Gasteiger partial charge in [-0.25, -0.2) is 0 Å². The maximum Gasteiger partial charge on any atom is 0.230 e. The minimum atomic E-state index is -0.0760. The third-order valence-electron chi connectivity index (χ3n) is 3.77. The highest BCUT2D eigenvalue weighted by atomic mass is 35.5. The summed E-state index contributed by atoms with van der Waals surface area (Å²) in [5.74, 6) is 0.252. The zero-order chi connectivity index (χ0) is 19.1. The topological polar surface area (TPSA) is 66.9 Å². The van der Waals surface area contributed by atoms with Gasteiger partial charge in [0.1, 0.15) is 0 Å². The van der Waals surface area contributed by atoms with Crippen molar-refractivity contribution in [2.24, 2.45) is 0 Å². The number of rotatable bonds is 8. The highest BCUT2D eigenvalue weighted by Gasteiger charge is 2.12. The Morgan fingerprint density at radius 1 is 1.15 bits per heavy atom. The molecule has 0 aliphatic carbocycles. The van der Waals surface area contributed by atoms with E-state index < -0.39 is 0 Å². The maximum absolute atomic E-state index is 12.2. The molecule has 0 bridgehead atoms. The number of hydrogen-bond acceptors (Lipinski definition) is 6. The van der Waals surface area contributed by atoms with E-state index in [4.69, 9.17) is 11.6 Å². The SMILES string of the molecule is C[C@@H](NC(=O)CSc1nnc(NCc2ccccc2)s1)c1ccc(Cl)cc1. The normalized spacial score (nSPS) is 11.8. The van der Waals surface area contributed by atoms with Crippen LogP contribution in [-0.2, 0) is 11.3 Å². The number of anilines is 1. The Balaban J connectivity index is 1.43. The second-order valence-electron chi connectivity index (χ2n) is 5.84. The summed E-state index contributed by atoms with van der Waals surface area (Å²) in [7, 11) is 0. The molecule has 3 aromatic rings. The second kappa shape index (κ2) is 9.73. The van der Waals surface area contributed by atoms with Crippen LogP contribution in [0.25, 0.3) is 0 Å². The smallest absolute Gasteiger partial charge is 0.230 e. The van der Waals surface area contributed by atoms with Crippen molar-refractivity contribution >= 4 is 45.7 Å². The molecule has 27 heavy (non-hydrogen) atoms. The molecule has 0 radical (unpaired) electrons. The fourth-order valence-electron chi connectivity index (χ4n) is 2.36. The number of amides is 1. The van der Waals surface area contributed by atoms with Crippen molar-refractivity contribution in [2.75, 3.05) is 11.1 Å². The molecule has 8 heteroatoms. The first-order valence-corrected chi connectivity index (χ1v) is 10.6. The lowest BCUT2D eigenvalue weighted by Crippen LogP contribution is -2.28. The fourth-order valence-corrected chi connectivity index (χ4v) is 4.04. The fraction of sp³-hybridized carbons (Fsp3) is 0.211. The number of aromatic nitrogens is 2. The molecule has 2 N–H and O–H groups in total. The molecule has 1 atom stereocenters. The quantitative estimate of drug-likeness (QED) is 0.515. The second-order valence-corrected chi connectivity index (χ2v) is 8.48. The van der Waals surface area contributed by atoms with Crippen molar-refractivity contribution in [2.45, 2.75) is 23.8 Å². The van der Waals surface area contributed by atoms with Crippen molar-refractivity contribution in [3.05, 3.63) is 70.7 Å². The van der Waals surface area contributed by atoms with E-state index >= 15 is 0 Å². The first-order chi connectivity index (χ1) is 13.1. The van der Waals surface area contributed by atoms with Crippen LogP contribution in [0.1, 0.15) is 24.1 Å². The van der Waals surface area contributed by atoms with Crippen molar-refractivity contribution in [3.63, 3.8) is 0 Å². The Morgan fingerprint density at radius 3 is 2.63 bits per heavy atom. The molecule has 0 unspecified atom stereocenters. The number of carbonyl (C=O) groups excluding carboxylic acids is 1. The number of thioether (sulfide) groups is 1. The van der Waals surface area contributed by atoms with Gasteiger partial charge in [-0.15, -0.1) is 10.2 Å². The van der Waals surface area contributed by atoms with Gasteiger partial charge in [-0.1, -0.05) is 77.2 Å². The van der Waals surface area contributed by atoms with Gasteiger partial charge in [0.15, 0.2) is 4.34 Å². The maximum atomic E-state index is 12.2. The molecule has 140 valence electrons. The number of carbonyl (C=O) groups is 1. The van der Waals surface area contributed by atoms with Crippen molar-refractivity contribution in [3.8, 4) is 0 Å². The molecular formula is C19H19ClN4OS2. The number of nitrogens with zero attached hydrogens (tertiary/aromatic N) is 2. The molecule has 0 fully saturated rings. The van der Waals surface area contributed by atoms with E-state index in [1.165, 1.54) is 28.7 Å². The highest BCUT2D eigenvalue weighted by molar-refractivity contribution is 8.01. The summed E-state index contributed by atoms with van der Waals surface area (Å²) in [5, 5.41) is 15.9. The average molecular weight is 419 g/mol. The van der Waals surface area contributed by atoms with Crippen LogP contribution >= 0.6 is 34.7 Å². The van der Waals surface area contributed by atoms with Gasteiger partial charge in [-0.3, -0.25) is 4.79 Å². The summed E-state index contributed by atoms with van der Waals surface area (Å²) >= 11 is 8.72. The standard InChI is InChI=1S/C19H19ClN4OS2/c1-13(15-7-9-16(20)10-8-15)22-17(25)12-26-19-24-23-18(27-19)21-11-14-5-3-2-4-6-14/h2-10,13H,11-12H2,1H3,(H,21,23)(H,22,25)/t13-/m1/s1. The van der Waals surface area contributed by atoms with Crippen LogP contribution in [0.4, 0.5) is 5.13 Å². The van der Waals surface area contributed by atoms with Gasteiger partial charge in [0, 0.05) is 11.6 Å². The lowest BCUT2D eigenvalue weighted by atomic mass is 10.1. The predicted octanol–water partition coefficient (Wildman–Crippen LogP) is 4.77. The number of hydrogen-bond donors (Lipinski definition) is 2. The Bertz CT molecular complexity index is 871. The Kier molecular flexibility index (Phi) is 7.09. The van der Waals surface area contributed by atoms with Crippen LogP contribution in [0, 0.1) is 0 Å². The molecule has 1 amide bonds. The molecular weight excluding hydrogens is 400 g/mol. The van der Waals surface area contributed by atoms with Gasteiger partial charge in [-0.05, 0) is 30.2 Å². The van der Waals surface area contributed by atoms with Gasteiger partial charge in [0.05, 0.1) is 11.8 Å². The van der Waals surface area contributed by atoms with E-state index in [1.807, 2.05) is 49.4 Å². The zero-order valence-corrected chi connectivity index (χ0v) is 17.1. The molecule has 2 aromatic carbocycles. The van der Waals surface area contributed by atoms with E-state index in [1.54, 1.807) is 0 Å². The lowest BCUT2D eigenvalue weighted by Gasteiger charge is -2.14. The Hall–Kier alpha value is -2.09. The minimum Gasteiger partial charge on any atom is -0.356 e. The third-order valence-corrected chi connectivity index (χ3v) is 6.03. The van der Waals surface area contributed by atoms with Gasteiger partial charge in [0.2, 0.25) is 11.0 Å². The first-order valence-electron chi connectivity index (χ1n) is 8.39. The van der Waals surface area contributed by atoms with Crippen LogP contribution in [-0.4, -0.2) is 21.9 Å². The summed E-state index contributed by atoms with van der Waals surface area (Å²) < 4.78 is 0.764. The molecule has 0 saturated carbocycles. The largest absolute Gasteiger partial charge is 0.356 e. The van der Waals surface area contributed by atoms with Crippen LogP contribution in [0.2, 0.25) is 5.02 Å². The predicted molar refractivity (Wildman–Crippen MR) is 112 cm³/mol. The van der Waals surface area contributed by atoms with Crippen LogP contribution < -0.4 is 10.6 Å². The molecule has 1 heterocycles. The van der Waals surface area contributed by atoms with Crippen LogP contribution in [0.15, 0.2) is 58.9 Å². The summed E-state index contributed by atoms with van der Waals surface area (Å²) in [6.45, 7) is 2.64. The summed E-state index contributed by atoms with van der Waals surface area (Å²) in [6.07, 6.45) is 0. The third kappa shape index (κ3) is 6.23. The van der Waals surface area contributed by atoms with Crippen molar-refractivity contribution in [1.82, 2.24) is 15.5 Å². The van der Waals surface area contributed by atoms with Gasteiger partial charge < -0.3 is 10.6 Å². The molecule has 3 rings (SSSR count). The van der Waals surface area contributed by atoms with Crippen LogP contribution in [0.3, 0.4) is 0 Å². The van der Waals surface area contributed by atoms with Crippen LogP contribution in [0.5, 0.6) is 0 Å². The first kappa shape index (κ1) is 19.7. The van der Waals surface area contributed by atoms with Gasteiger partial charge in [0.25, 0.3) is 0 Å².